The maximum atomic E-state index is 12.7. The van der Waals surface area contributed by atoms with Crippen molar-refractivity contribution in [3.05, 3.63) is 46.4 Å². The number of nitrogens with zero attached hydrogens (tertiary/aromatic N) is 2. The highest BCUT2D eigenvalue weighted by Crippen LogP contribution is 2.21. The van der Waals surface area contributed by atoms with Gasteiger partial charge in [0.1, 0.15) is 12.3 Å². The molecular weight excluding hydrogens is 306 g/mol. The smallest absolute Gasteiger partial charge is 0.295 e. The fourth-order valence-electron chi connectivity index (χ4n) is 3.14. The van der Waals surface area contributed by atoms with E-state index in [0.29, 0.717) is 11.4 Å². The molecule has 0 spiro atoms. The minimum Gasteiger partial charge on any atom is -0.368 e. The largest absolute Gasteiger partial charge is 0.368 e. The molecule has 1 heterocycles. The zero-order valence-corrected chi connectivity index (χ0v) is 14.1. The summed E-state index contributed by atoms with van der Waals surface area (Å²) < 4.78 is 8.90. The van der Waals surface area contributed by atoms with E-state index in [-0.39, 0.29) is 24.2 Å². The summed E-state index contributed by atoms with van der Waals surface area (Å²) in [6.45, 7) is 1.80. The highest BCUT2D eigenvalue weighted by molar-refractivity contribution is 5.92. The number of anilines is 1. The molecule has 1 aliphatic carbocycles. The van der Waals surface area contributed by atoms with Crippen LogP contribution in [0, 0.1) is 6.92 Å². The third-order valence-corrected chi connectivity index (χ3v) is 4.57. The normalized spacial score (nSPS) is 14.9. The molecule has 0 aliphatic heterocycles. The van der Waals surface area contributed by atoms with Gasteiger partial charge in [0.05, 0.1) is 17.5 Å². The highest BCUT2D eigenvalue weighted by atomic mass is 16.5. The lowest BCUT2D eigenvalue weighted by Gasteiger charge is -2.10. The van der Waals surface area contributed by atoms with Gasteiger partial charge in [-0.3, -0.25) is 14.3 Å². The van der Waals surface area contributed by atoms with Gasteiger partial charge in [0.2, 0.25) is 0 Å². The Balaban J connectivity index is 1.76. The topological polar surface area (TPSA) is 65.3 Å². The number of aromatic nitrogens is 2. The van der Waals surface area contributed by atoms with E-state index in [1.165, 1.54) is 0 Å². The van der Waals surface area contributed by atoms with Crippen molar-refractivity contribution in [3.63, 3.8) is 0 Å². The summed E-state index contributed by atoms with van der Waals surface area (Å²) in [6.07, 6.45) is 4.52. The van der Waals surface area contributed by atoms with Crippen LogP contribution in [0.2, 0.25) is 0 Å². The monoisotopic (exact) mass is 329 g/mol. The zero-order valence-electron chi connectivity index (χ0n) is 14.1. The lowest BCUT2D eigenvalue weighted by Crippen LogP contribution is -2.26. The fourth-order valence-corrected chi connectivity index (χ4v) is 3.14. The molecule has 0 unspecified atom stereocenters. The van der Waals surface area contributed by atoms with Gasteiger partial charge in [-0.2, -0.15) is 0 Å². The predicted molar refractivity (Wildman–Crippen MR) is 92.6 cm³/mol. The zero-order chi connectivity index (χ0) is 17.1. The van der Waals surface area contributed by atoms with Crippen LogP contribution in [-0.4, -0.2) is 28.0 Å². The van der Waals surface area contributed by atoms with Crippen LogP contribution in [-0.2, 0) is 16.6 Å². The summed E-state index contributed by atoms with van der Waals surface area (Å²) in [5, 5.41) is 2.72. The van der Waals surface area contributed by atoms with Gasteiger partial charge in [0, 0.05) is 7.05 Å². The number of hydrogen-bond acceptors (Lipinski definition) is 3. The maximum Gasteiger partial charge on any atom is 0.295 e. The van der Waals surface area contributed by atoms with Crippen molar-refractivity contribution in [3.8, 4) is 5.69 Å². The number of nitrogens with one attached hydrogen (secondary N) is 1. The minimum absolute atomic E-state index is 0.0101. The van der Waals surface area contributed by atoms with E-state index < -0.39 is 0 Å². The molecule has 0 atom stereocenters. The number of amides is 1. The molecule has 1 aliphatic rings. The fraction of sp³-hybridized carbons (Fsp3) is 0.444. The van der Waals surface area contributed by atoms with Crippen LogP contribution in [0.5, 0.6) is 0 Å². The van der Waals surface area contributed by atoms with Gasteiger partial charge in [-0.1, -0.05) is 31.0 Å². The van der Waals surface area contributed by atoms with E-state index in [1.807, 2.05) is 37.3 Å². The molecule has 6 nitrogen and oxygen atoms in total. The maximum absolute atomic E-state index is 12.7. The van der Waals surface area contributed by atoms with Crippen molar-refractivity contribution in [2.24, 2.45) is 7.05 Å². The Bertz CT molecular complexity index is 771. The van der Waals surface area contributed by atoms with Crippen molar-refractivity contribution < 1.29 is 9.53 Å². The molecule has 6 heteroatoms. The van der Waals surface area contributed by atoms with Crippen molar-refractivity contribution in [1.29, 1.82) is 0 Å². The van der Waals surface area contributed by atoms with E-state index in [2.05, 4.69) is 5.32 Å². The number of carbonyl (C=O) groups excluding carboxylic acids is 1. The Morgan fingerprint density at radius 1 is 1.25 bits per heavy atom. The standard InChI is InChI=1S/C18H23N3O3/c1-13-17(19-16(22)12-24-15-10-6-7-11-15)18(23)21(20(13)2)14-8-4-3-5-9-14/h3-5,8-9,15H,6-7,10-12H2,1-2H3,(H,19,22). The molecule has 128 valence electrons. The first kappa shape index (κ1) is 16.5. The van der Waals surface area contributed by atoms with Gasteiger partial charge >= 0.3 is 0 Å². The highest BCUT2D eigenvalue weighted by Gasteiger charge is 2.20. The molecule has 3 rings (SSSR count). The number of rotatable bonds is 5. The summed E-state index contributed by atoms with van der Waals surface area (Å²) >= 11 is 0. The SMILES string of the molecule is Cc1c(NC(=O)COC2CCCC2)c(=O)n(-c2ccccc2)n1C. The first-order valence-corrected chi connectivity index (χ1v) is 8.33. The number of ether oxygens (including phenoxy) is 1. The Morgan fingerprint density at radius 3 is 2.58 bits per heavy atom. The average Bonchev–Trinajstić information content (AvgIpc) is 3.17. The Labute approximate surface area is 141 Å². The average molecular weight is 329 g/mol. The Morgan fingerprint density at radius 2 is 1.92 bits per heavy atom. The molecule has 1 N–H and O–H groups in total. The van der Waals surface area contributed by atoms with Gasteiger partial charge in [-0.25, -0.2) is 4.68 Å². The van der Waals surface area contributed by atoms with Gasteiger partial charge in [0.15, 0.2) is 0 Å². The first-order valence-electron chi connectivity index (χ1n) is 8.33. The second kappa shape index (κ2) is 7.05. The van der Waals surface area contributed by atoms with Gasteiger partial charge in [0.25, 0.3) is 11.5 Å². The molecular formula is C18H23N3O3. The molecule has 2 aromatic rings. The number of para-hydroxylation sites is 1. The third-order valence-electron chi connectivity index (χ3n) is 4.57. The van der Waals surface area contributed by atoms with E-state index in [1.54, 1.807) is 16.4 Å². The molecule has 1 fully saturated rings. The second-order valence-corrected chi connectivity index (χ2v) is 6.20. The molecule has 1 saturated carbocycles. The lowest BCUT2D eigenvalue weighted by atomic mass is 10.3. The lowest BCUT2D eigenvalue weighted by molar-refractivity contribution is -0.122. The van der Waals surface area contributed by atoms with Crippen molar-refractivity contribution >= 4 is 11.6 Å². The predicted octanol–water partition coefficient (Wildman–Crippen LogP) is 2.38. The van der Waals surface area contributed by atoms with Crippen LogP contribution in [0.4, 0.5) is 5.69 Å². The quantitative estimate of drug-likeness (QED) is 0.916. The van der Waals surface area contributed by atoms with E-state index in [4.69, 9.17) is 4.74 Å². The number of carbonyl (C=O) groups is 1. The van der Waals surface area contributed by atoms with E-state index in [0.717, 1.165) is 31.4 Å². The van der Waals surface area contributed by atoms with E-state index in [9.17, 15) is 9.59 Å². The molecule has 1 aromatic heterocycles. The van der Waals surface area contributed by atoms with Crippen LogP contribution in [0.25, 0.3) is 5.69 Å². The Hall–Kier alpha value is -2.34. The van der Waals surface area contributed by atoms with Crippen LogP contribution in [0.3, 0.4) is 0 Å². The second-order valence-electron chi connectivity index (χ2n) is 6.20. The van der Waals surface area contributed by atoms with Gasteiger partial charge in [-0.05, 0) is 31.9 Å². The first-order chi connectivity index (χ1) is 11.6. The van der Waals surface area contributed by atoms with Crippen LogP contribution < -0.4 is 10.9 Å². The summed E-state index contributed by atoms with van der Waals surface area (Å²) in [7, 11) is 1.80. The van der Waals surface area contributed by atoms with Crippen LogP contribution >= 0.6 is 0 Å². The summed E-state index contributed by atoms with van der Waals surface area (Å²) in [6, 6.07) is 9.36. The third kappa shape index (κ3) is 3.28. The van der Waals surface area contributed by atoms with Crippen molar-refractivity contribution in [2.45, 2.75) is 38.7 Å². The molecule has 0 radical (unpaired) electrons. The number of hydrogen-bond donors (Lipinski definition) is 1. The molecule has 24 heavy (non-hydrogen) atoms. The summed E-state index contributed by atoms with van der Waals surface area (Å²) in [5.41, 5.74) is 1.53. The van der Waals surface area contributed by atoms with Crippen LogP contribution in [0.15, 0.2) is 35.1 Å². The number of benzene rings is 1. The summed E-state index contributed by atoms with van der Waals surface area (Å²) in [5.74, 6) is -0.284. The molecule has 0 bridgehead atoms. The minimum atomic E-state index is -0.284. The van der Waals surface area contributed by atoms with Gasteiger partial charge < -0.3 is 10.1 Å². The van der Waals surface area contributed by atoms with Crippen LogP contribution in [0.1, 0.15) is 31.4 Å². The van der Waals surface area contributed by atoms with Crippen molar-refractivity contribution in [1.82, 2.24) is 9.36 Å². The molecule has 1 aromatic carbocycles. The van der Waals surface area contributed by atoms with E-state index >= 15 is 0 Å². The molecule has 1 amide bonds. The molecule has 0 saturated heterocycles. The van der Waals surface area contributed by atoms with Crippen molar-refractivity contribution in [2.75, 3.05) is 11.9 Å². The Kier molecular flexibility index (Phi) is 4.85. The summed E-state index contributed by atoms with van der Waals surface area (Å²) in [4.78, 5) is 24.8. The van der Waals surface area contributed by atoms with Gasteiger partial charge in [-0.15, -0.1) is 0 Å².